The van der Waals surface area contributed by atoms with Gasteiger partial charge < -0.3 is 19.4 Å². The zero-order valence-corrected chi connectivity index (χ0v) is 17.7. The van der Waals surface area contributed by atoms with E-state index in [0.717, 1.165) is 33.5 Å². The van der Waals surface area contributed by atoms with Crippen LogP contribution in [0.15, 0.2) is 72.8 Å². The first-order chi connectivity index (χ1) is 15.6. The maximum atomic E-state index is 13.6. The largest absolute Gasteiger partial charge is 0.497 e. The summed E-state index contributed by atoms with van der Waals surface area (Å²) in [5, 5.41) is 1.08. The van der Waals surface area contributed by atoms with E-state index in [4.69, 9.17) is 9.47 Å². The van der Waals surface area contributed by atoms with Crippen molar-refractivity contribution in [3.05, 3.63) is 95.4 Å². The van der Waals surface area contributed by atoms with Gasteiger partial charge in [-0.1, -0.05) is 30.3 Å². The highest BCUT2D eigenvalue weighted by Gasteiger charge is 2.34. The van der Waals surface area contributed by atoms with Gasteiger partial charge in [0.2, 0.25) is 0 Å². The lowest BCUT2D eigenvalue weighted by Gasteiger charge is -2.36. The summed E-state index contributed by atoms with van der Waals surface area (Å²) in [6, 6.07) is 21.2. The second-order valence-corrected chi connectivity index (χ2v) is 7.82. The highest BCUT2D eigenvalue weighted by Crippen LogP contribution is 2.39. The number of aromatic nitrogens is 1. The van der Waals surface area contributed by atoms with Crippen LogP contribution in [0.25, 0.3) is 10.9 Å². The van der Waals surface area contributed by atoms with Gasteiger partial charge in [-0.05, 0) is 60.0 Å². The number of aromatic amines is 1. The van der Waals surface area contributed by atoms with Gasteiger partial charge >= 0.3 is 0 Å². The minimum Gasteiger partial charge on any atom is -0.497 e. The van der Waals surface area contributed by atoms with E-state index in [2.05, 4.69) is 4.98 Å². The molecule has 1 amide bonds. The van der Waals surface area contributed by atoms with Crippen molar-refractivity contribution in [3.8, 4) is 11.5 Å². The molecular weight excluding hydrogens is 407 g/mol. The molecular formula is C26H23FN2O3. The zero-order chi connectivity index (χ0) is 22.1. The molecule has 32 heavy (non-hydrogen) atoms. The Kier molecular flexibility index (Phi) is 5.27. The van der Waals surface area contributed by atoms with Crippen LogP contribution in [-0.2, 0) is 11.2 Å². The topological polar surface area (TPSA) is 54.6 Å². The summed E-state index contributed by atoms with van der Waals surface area (Å²) in [6.45, 7) is 0.473. The first-order valence-corrected chi connectivity index (χ1v) is 10.6. The lowest BCUT2D eigenvalue weighted by Crippen LogP contribution is -2.42. The Balaban J connectivity index is 1.53. The monoisotopic (exact) mass is 430 g/mol. The third-order valence-corrected chi connectivity index (χ3v) is 5.95. The zero-order valence-electron chi connectivity index (χ0n) is 17.7. The fourth-order valence-electron chi connectivity index (χ4n) is 4.40. The van der Waals surface area contributed by atoms with Crippen LogP contribution in [0.5, 0.6) is 11.5 Å². The molecule has 5 nitrogen and oxygen atoms in total. The summed E-state index contributed by atoms with van der Waals surface area (Å²) in [5.41, 5.74) is 3.93. The highest BCUT2D eigenvalue weighted by molar-refractivity contribution is 5.88. The molecule has 1 aliphatic rings. The average Bonchev–Trinajstić information content (AvgIpc) is 3.21. The van der Waals surface area contributed by atoms with E-state index < -0.39 is 0 Å². The Morgan fingerprint density at radius 3 is 2.59 bits per heavy atom. The maximum Gasteiger partial charge on any atom is 0.261 e. The first-order valence-electron chi connectivity index (χ1n) is 10.6. The molecule has 1 atom stereocenters. The van der Waals surface area contributed by atoms with E-state index in [1.807, 2.05) is 53.4 Å². The van der Waals surface area contributed by atoms with Crippen LogP contribution in [0.2, 0.25) is 0 Å². The van der Waals surface area contributed by atoms with Crippen molar-refractivity contribution >= 4 is 16.8 Å². The van der Waals surface area contributed by atoms with E-state index in [-0.39, 0.29) is 24.4 Å². The van der Waals surface area contributed by atoms with Crippen molar-refractivity contribution in [2.24, 2.45) is 0 Å². The van der Waals surface area contributed by atoms with Gasteiger partial charge in [0.25, 0.3) is 5.91 Å². The Labute approximate surface area is 185 Å². The number of halogens is 1. The molecule has 4 aromatic rings. The lowest BCUT2D eigenvalue weighted by atomic mass is 9.92. The first kappa shape index (κ1) is 20.1. The highest BCUT2D eigenvalue weighted by atomic mass is 19.1. The number of benzene rings is 3. The molecule has 0 saturated carbocycles. The lowest BCUT2D eigenvalue weighted by molar-refractivity contribution is -0.135. The fraction of sp³-hybridized carbons (Fsp3) is 0.192. The number of carbonyl (C=O) groups excluding carboxylic acids is 1. The van der Waals surface area contributed by atoms with Gasteiger partial charge in [0.15, 0.2) is 6.61 Å². The normalized spacial score (nSPS) is 15.4. The summed E-state index contributed by atoms with van der Waals surface area (Å²) >= 11 is 0. The second kappa shape index (κ2) is 8.38. The molecule has 5 rings (SSSR count). The number of rotatable bonds is 5. The molecule has 6 heteroatoms. The number of nitrogens with zero attached hydrogens (tertiary/aromatic N) is 1. The van der Waals surface area contributed by atoms with Crippen molar-refractivity contribution in [3.63, 3.8) is 0 Å². The van der Waals surface area contributed by atoms with Gasteiger partial charge in [-0.25, -0.2) is 4.39 Å². The number of carbonyl (C=O) groups is 1. The van der Waals surface area contributed by atoms with E-state index in [0.29, 0.717) is 18.7 Å². The van der Waals surface area contributed by atoms with E-state index in [9.17, 15) is 9.18 Å². The Hall–Kier alpha value is -3.80. The van der Waals surface area contributed by atoms with Crippen LogP contribution >= 0.6 is 0 Å². The van der Waals surface area contributed by atoms with Gasteiger partial charge in [-0.3, -0.25) is 4.79 Å². The quantitative estimate of drug-likeness (QED) is 0.492. The molecule has 1 aromatic heterocycles. The van der Waals surface area contributed by atoms with Gasteiger partial charge in [0, 0.05) is 23.1 Å². The number of H-pyrrole nitrogens is 1. The molecule has 0 radical (unpaired) electrons. The molecule has 0 saturated heterocycles. The number of methoxy groups -OCH3 is 1. The van der Waals surface area contributed by atoms with Crippen molar-refractivity contribution in [1.29, 1.82) is 0 Å². The average molecular weight is 430 g/mol. The predicted molar refractivity (Wildman–Crippen MR) is 120 cm³/mol. The number of nitrogens with one attached hydrogen (secondary N) is 1. The summed E-state index contributed by atoms with van der Waals surface area (Å²) in [5.74, 6) is 1.00. The molecule has 0 bridgehead atoms. The van der Waals surface area contributed by atoms with Gasteiger partial charge in [-0.2, -0.15) is 0 Å². The SMILES string of the molecule is COc1ccc2[nH]c3c(c2c1)CCN(C(=O)COc1ccccc1)C3c1ccc(F)cc1. The predicted octanol–water partition coefficient (Wildman–Crippen LogP) is 4.87. The number of para-hydroxylation sites is 1. The minimum absolute atomic E-state index is 0.0644. The van der Waals surface area contributed by atoms with Gasteiger partial charge in [-0.15, -0.1) is 0 Å². The number of amides is 1. The van der Waals surface area contributed by atoms with Crippen LogP contribution in [0, 0.1) is 5.82 Å². The molecule has 1 aliphatic heterocycles. The van der Waals surface area contributed by atoms with Crippen LogP contribution in [-0.4, -0.2) is 36.1 Å². The van der Waals surface area contributed by atoms with Gasteiger partial charge in [0.1, 0.15) is 17.3 Å². The smallest absolute Gasteiger partial charge is 0.261 e. The van der Waals surface area contributed by atoms with Crippen molar-refractivity contribution in [1.82, 2.24) is 9.88 Å². The Bertz CT molecular complexity index is 1250. The van der Waals surface area contributed by atoms with Crippen LogP contribution < -0.4 is 9.47 Å². The van der Waals surface area contributed by atoms with E-state index in [1.54, 1.807) is 19.2 Å². The standard InChI is InChI=1S/C26H23FN2O3/c1-31-20-11-12-23-22(15-20)21-13-14-29(24(30)16-32-19-5-3-2-4-6-19)26(25(21)28-23)17-7-9-18(27)10-8-17/h2-12,15,26,28H,13-14,16H2,1H3. The molecule has 0 aliphatic carbocycles. The van der Waals surface area contributed by atoms with Crippen LogP contribution in [0.1, 0.15) is 22.9 Å². The number of ether oxygens (including phenoxy) is 2. The van der Waals surface area contributed by atoms with Crippen molar-refractivity contribution < 1.29 is 18.7 Å². The van der Waals surface area contributed by atoms with Gasteiger partial charge in [0.05, 0.1) is 13.2 Å². The molecule has 162 valence electrons. The van der Waals surface area contributed by atoms with Crippen LogP contribution in [0.4, 0.5) is 4.39 Å². The summed E-state index contributed by atoms with van der Waals surface area (Å²) in [4.78, 5) is 18.6. The van der Waals surface area contributed by atoms with Crippen LogP contribution in [0.3, 0.4) is 0 Å². The molecule has 0 spiro atoms. The maximum absolute atomic E-state index is 13.6. The summed E-state index contributed by atoms with van der Waals surface area (Å²) in [7, 11) is 1.65. The molecule has 0 fully saturated rings. The van der Waals surface area contributed by atoms with E-state index in [1.165, 1.54) is 12.1 Å². The second-order valence-electron chi connectivity index (χ2n) is 7.82. The fourth-order valence-corrected chi connectivity index (χ4v) is 4.40. The van der Waals surface area contributed by atoms with Crippen molar-refractivity contribution in [2.75, 3.05) is 20.3 Å². The summed E-state index contributed by atoms with van der Waals surface area (Å²) in [6.07, 6.45) is 0.706. The summed E-state index contributed by atoms with van der Waals surface area (Å²) < 4.78 is 24.8. The number of fused-ring (bicyclic) bond motifs is 3. The molecule has 1 unspecified atom stereocenters. The Morgan fingerprint density at radius 1 is 1.06 bits per heavy atom. The minimum atomic E-state index is -0.357. The molecule has 3 aromatic carbocycles. The van der Waals surface area contributed by atoms with E-state index >= 15 is 0 Å². The molecule has 2 heterocycles. The Morgan fingerprint density at radius 2 is 1.84 bits per heavy atom. The third-order valence-electron chi connectivity index (χ3n) is 5.95. The number of hydrogen-bond acceptors (Lipinski definition) is 3. The number of hydrogen-bond donors (Lipinski definition) is 1. The third kappa shape index (κ3) is 3.68. The van der Waals surface area contributed by atoms with Crippen molar-refractivity contribution in [2.45, 2.75) is 12.5 Å². The molecule has 1 N–H and O–H groups in total.